The molecular weight excluding hydrogens is 439 g/mol. The fourth-order valence-electron chi connectivity index (χ4n) is 2.05. The number of guanidine groups is 1. The average Bonchev–Trinajstić information content (AvgIpc) is 2.53. The van der Waals surface area contributed by atoms with Gasteiger partial charge in [-0.25, -0.2) is 13.1 Å². The molecule has 1 rings (SSSR count). The Morgan fingerprint density at radius 1 is 1.21 bits per heavy atom. The molecule has 0 aromatic heterocycles. The van der Waals surface area contributed by atoms with E-state index >= 15 is 0 Å². The van der Waals surface area contributed by atoms with Gasteiger partial charge in [-0.1, -0.05) is 29.8 Å². The van der Waals surface area contributed by atoms with Gasteiger partial charge < -0.3 is 10.2 Å². The fraction of sp³-hybridized carbons (Fsp3) is 0.562. The zero-order chi connectivity index (χ0) is 17.3. The number of aryl methyl sites for hydroxylation is 1. The lowest BCUT2D eigenvalue weighted by Gasteiger charge is -2.22. The van der Waals surface area contributed by atoms with E-state index in [2.05, 4.69) is 46.2 Å². The molecule has 0 spiro atoms. The number of hydrogen-bond acceptors (Lipinski definition) is 3. The lowest BCUT2D eigenvalue weighted by Crippen LogP contribution is -2.39. The van der Waals surface area contributed by atoms with Gasteiger partial charge in [-0.3, -0.25) is 4.99 Å². The van der Waals surface area contributed by atoms with E-state index in [1.54, 1.807) is 14.0 Å². The predicted octanol–water partition coefficient (Wildman–Crippen LogP) is 1.95. The first kappa shape index (κ1) is 23.1. The highest BCUT2D eigenvalue weighted by molar-refractivity contribution is 14.0. The second kappa shape index (κ2) is 11.6. The van der Waals surface area contributed by atoms with Gasteiger partial charge in [-0.15, -0.1) is 24.0 Å². The molecule has 8 heteroatoms. The molecule has 0 aliphatic carbocycles. The van der Waals surface area contributed by atoms with Gasteiger partial charge in [0.05, 0.1) is 5.75 Å². The standard InChI is InChI=1S/C16H28N4O2S.HI/c1-5-23(21,22)19-12-6-11-18-16(17-3)20(4)13-15-9-7-14(2)8-10-15;/h7-10,19H,5-6,11-13H2,1-4H3,(H,17,18);1H. The third-order valence-corrected chi connectivity index (χ3v) is 4.86. The summed E-state index contributed by atoms with van der Waals surface area (Å²) in [6.45, 7) is 5.56. The van der Waals surface area contributed by atoms with E-state index in [-0.39, 0.29) is 29.7 Å². The molecule has 0 unspecified atom stereocenters. The van der Waals surface area contributed by atoms with Crippen LogP contribution in [0.3, 0.4) is 0 Å². The first-order chi connectivity index (χ1) is 10.9. The molecule has 0 amide bonds. The first-order valence-electron chi connectivity index (χ1n) is 7.82. The molecule has 0 radical (unpaired) electrons. The molecule has 0 aliphatic rings. The minimum Gasteiger partial charge on any atom is -0.356 e. The van der Waals surface area contributed by atoms with Crippen molar-refractivity contribution in [1.29, 1.82) is 0 Å². The summed E-state index contributed by atoms with van der Waals surface area (Å²) >= 11 is 0. The highest BCUT2D eigenvalue weighted by Gasteiger charge is 2.07. The fourth-order valence-corrected chi connectivity index (χ4v) is 2.70. The van der Waals surface area contributed by atoms with E-state index in [0.29, 0.717) is 19.5 Å². The summed E-state index contributed by atoms with van der Waals surface area (Å²) in [6.07, 6.45) is 0.705. The van der Waals surface area contributed by atoms with E-state index < -0.39 is 10.0 Å². The van der Waals surface area contributed by atoms with Crippen molar-refractivity contribution in [3.8, 4) is 0 Å². The van der Waals surface area contributed by atoms with Crippen molar-refractivity contribution in [1.82, 2.24) is 14.9 Å². The van der Waals surface area contributed by atoms with Gasteiger partial charge in [0.1, 0.15) is 0 Å². The maximum absolute atomic E-state index is 11.3. The molecule has 0 fully saturated rings. The van der Waals surface area contributed by atoms with Crippen LogP contribution in [0.1, 0.15) is 24.5 Å². The van der Waals surface area contributed by atoms with Crippen LogP contribution in [0, 0.1) is 6.92 Å². The Hall–Kier alpha value is -0.870. The molecule has 0 bridgehead atoms. The molecule has 0 aliphatic heterocycles. The van der Waals surface area contributed by atoms with Crippen LogP contribution in [0.4, 0.5) is 0 Å². The lowest BCUT2D eigenvalue weighted by molar-refractivity contribution is 0.475. The monoisotopic (exact) mass is 468 g/mol. The summed E-state index contributed by atoms with van der Waals surface area (Å²) in [5.41, 5.74) is 2.46. The number of hydrogen-bond donors (Lipinski definition) is 2. The van der Waals surface area contributed by atoms with Crippen LogP contribution in [0.2, 0.25) is 0 Å². The highest BCUT2D eigenvalue weighted by atomic mass is 127. The molecule has 0 saturated heterocycles. The quantitative estimate of drug-likeness (QED) is 0.265. The number of aliphatic imine (C=N–C) groups is 1. The molecule has 1 aromatic rings. The highest BCUT2D eigenvalue weighted by Crippen LogP contribution is 2.05. The van der Waals surface area contributed by atoms with E-state index in [1.807, 2.05) is 11.9 Å². The van der Waals surface area contributed by atoms with Crippen molar-refractivity contribution in [2.45, 2.75) is 26.8 Å². The Bertz CT molecular complexity index is 603. The van der Waals surface area contributed by atoms with Crippen LogP contribution in [0.15, 0.2) is 29.3 Å². The number of nitrogens with one attached hydrogen (secondary N) is 2. The van der Waals surface area contributed by atoms with Crippen molar-refractivity contribution in [2.24, 2.45) is 4.99 Å². The minimum absolute atomic E-state index is 0. The SMILES string of the molecule is CCS(=O)(=O)NCCCNC(=NC)N(C)Cc1ccc(C)cc1.I. The van der Waals surface area contributed by atoms with E-state index in [9.17, 15) is 8.42 Å². The molecule has 6 nitrogen and oxygen atoms in total. The number of nitrogens with zero attached hydrogens (tertiary/aromatic N) is 2. The Morgan fingerprint density at radius 2 is 1.83 bits per heavy atom. The lowest BCUT2D eigenvalue weighted by atomic mass is 10.1. The van der Waals surface area contributed by atoms with Crippen molar-refractivity contribution < 1.29 is 8.42 Å². The van der Waals surface area contributed by atoms with E-state index in [1.165, 1.54) is 11.1 Å². The zero-order valence-electron chi connectivity index (χ0n) is 14.9. The van der Waals surface area contributed by atoms with Gasteiger partial charge in [0.25, 0.3) is 0 Å². The molecule has 0 saturated carbocycles. The molecule has 0 atom stereocenters. The number of benzene rings is 1. The molecule has 0 heterocycles. The maximum atomic E-state index is 11.3. The smallest absolute Gasteiger partial charge is 0.211 e. The average molecular weight is 468 g/mol. The van der Waals surface area contributed by atoms with Crippen molar-refractivity contribution in [2.75, 3.05) is 32.9 Å². The summed E-state index contributed by atoms with van der Waals surface area (Å²) in [6, 6.07) is 8.41. The topological polar surface area (TPSA) is 73.8 Å². The van der Waals surface area contributed by atoms with Gasteiger partial charge >= 0.3 is 0 Å². The molecule has 138 valence electrons. The summed E-state index contributed by atoms with van der Waals surface area (Å²) in [5, 5.41) is 3.25. The van der Waals surface area contributed by atoms with Crippen LogP contribution < -0.4 is 10.0 Å². The number of sulfonamides is 1. The third kappa shape index (κ3) is 8.84. The van der Waals surface area contributed by atoms with Crippen LogP contribution in [0.25, 0.3) is 0 Å². The van der Waals surface area contributed by atoms with E-state index in [4.69, 9.17) is 0 Å². The number of halogens is 1. The second-order valence-corrected chi connectivity index (χ2v) is 7.56. The molecule has 1 aromatic carbocycles. The van der Waals surface area contributed by atoms with Gasteiger partial charge in [0, 0.05) is 33.7 Å². The van der Waals surface area contributed by atoms with Crippen LogP contribution in [-0.2, 0) is 16.6 Å². The Labute approximate surface area is 163 Å². The Morgan fingerprint density at radius 3 is 2.38 bits per heavy atom. The van der Waals surface area contributed by atoms with Crippen molar-refractivity contribution >= 4 is 40.0 Å². The van der Waals surface area contributed by atoms with E-state index in [0.717, 1.165) is 12.5 Å². The predicted molar refractivity (Wildman–Crippen MR) is 112 cm³/mol. The summed E-state index contributed by atoms with van der Waals surface area (Å²) < 4.78 is 25.2. The second-order valence-electron chi connectivity index (χ2n) is 5.47. The van der Waals surface area contributed by atoms with Crippen LogP contribution >= 0.6 is 24.0 Å². The molecular formula is C16H29IN4O2S. The third-order valence-electron chi connectivity index (χ3n) is 3.45. The summed E-state index contributed by atoms with van der Waals surface area (Å²) in [4.78, 5) is 6.30. The first-order valence-corrected chi connectivity index (χ1v) is 9.48. The van der Waals surface area contributed by atoms with Gasteiger partial charge in [0.15, 0.2) is 5.96 Å². The maximum Gasteiger partial charge on any atom is 0.211 e. The molecule has 2 N–H and O–H groups in total. The van der Waals surface area contributed by atoms with Crippen molar-refractivity contribution in [3.63, 3.8) is 0 Å². The normalized spacial score (nSPS) is 11.8. The Kier molecular flexibility index (Phi) is 11.2. The van der Waals surface area contributed by atoms with Crippen LogP contribution in [0.5, 0.6) is 0 Å². The molecule has 24 heavy (non-hydrogen) atoms. The minimum atomic E-state index is -3.10. The van der Waals surface area contributed by atoms with Gasteiger partial charge in [0.2, 0.25) is 10.0 Å². The van der Waals surface area contributed by atoms with Crippen LogP contribution in [-0.4, -0.2) is 52.2 Å². The zero-order valence-corrected chi connectivity index (χ0v) is 18.0. The largest absolute Gasteiger partial charge is 0.356 e. The summed E-state index contributed by atoms with van der Waals surface area (Å²) in [7, 11) is 0.620. The summed E-state index contributed by atoms with van der Waals surface area (Å²) in [5.74, 6) is 0.908. The number of rotatable bonds is 8. The van der Waals surface area contributed by atoms with Gasteiger partial charge in [-0.2, -0.15) is 0 Å². The van der Waals surface area contributed by atoms with Crippen molar-refractivity contribution in [3.05, 3.63) is 35.4 Å². The Balaban J connectivity index is 0.00000529. The van der Waals surface area contributed by atoms with Gasteiger partial charge in [-0.05, 0) is 25.8 Å².